The number of aliphatic carboxylic acids is 1. The van der Waals surface area contributed by atoms with Gasteiger partial charge in [0.05, 0.1) is 6.54 Å². The maximum Gasteiger partial charge on any atom is 0.317 e. The van der Waals surface area contributed by atoms with Crippen molar-refractivity contribution in [3.05, 3.63) is 35.1 Å². The van der Waals surface area contributed by atoms with Crippen LogP contribution in [0.2, 0.25) is 0 Å². The Kier molecular flexibility index (Phi) is 4.43. The number of carboxylic acid groups (broad SMARTS) is 1. The van der Waals surface area contributed by atoms with E-state index in [0.717, 1.165) is 11.1 Å². The first kappa shape index (κ1) is 12.6. The zero-order chi connectivity index (χ0) is 12.1. The molecular formula is C12H16FNO2. The summed E-state index contributed by atoms with van der Waals surface area (Å²) in [5, 5.41) is 8.70. The number of carbonyl (C=O) groups is 1. The lowest BCUT2D eigenvalue weighted by Gasteiger charge is -2.19. The van der Waals surface area contributed by atoms with Crippen LogP contribution in [0, 0.1) is 12.7 Å². The SMILES string of the molecule is CCN(CC(=O)O)Cc1cc(F)ccc1C. The average molecular weight is 225 g/mol. The van der Waals surface area contributed by atoms with Gasteiger partial charge in [-0.15, -0.1) is 0 Å². The molecule has 0 aliphatic heterocycles. The van der Waals surface area contributed by atoms with Crippen molar-refractivity contribution >= 4 is 5.97 Å². The molecule has 0 spiro atoms. The predicted octanol–water partition coefficient (Wildman–Crippen LogP) is 2.04. The van der Waals surface area contributed by atoms with Gasteiger partial charge >= 0.3 is 5.97 Å². The van der Waals surface area contributed by atoms with Crippen molar-refractivity contribution in [1.82, 2.24) is 4.90 Å². The second-order valence-electron chi connectivity index (χ2n) is 3.77. The molecule has 1 N–H and O–H groups in total. The summed E-state index contributed by atoms with van der Waals surface area (Å²) in [7, 11) is 0. The highest BCUT2D eigenvalue weighted by Crippen LogP contribution is 2.12. The predicted molar refractivity (Wildman–Crippen MR) is 59.7 cm³/mol. The molecule has 0 radical (unpaired) electrons. The molecule has 0 bridgehead atoms. The molecule has 1 rings (SSSR count). The van der Waals surface area contributed by atoms with E-state index in [9.17, 15) is 9.18 Å². The third-order valence-corrected chi connectivity index (χ3v) is 2.51. The topological polar surface area (TPSA) is 40.5 Å². The molecule has 1 aromatic carbocycles. The van der Waals surface area contributed by atoms with E-state index in [1.807, 2.05) is 13.8 Å². The zero-order valence-electron chi connectivity index (χ0n) is 9.53. The first-order chi connectivity index (χ1) is 7.52. The van der Waals surface area contributed by atoms with E-state index in [-0.39, 0.29) is 12.4 Å². The lowest BCUT2D eigenvalue weighted by atomic mass is 10.1. The highest BCUT2D eigenvalue weighted by molar-refractivity contribution is 5.69. The number of halogens is 1. The molecule has 0 saturated carbocycles. The average Bonchev–Trinajstić information content (AvgIpc) is 2.21. The van der Waals surface area contributed by atoms with Crippen LogP contribution in [0.1, 0.15) is 18.1 Å². The Balaban J connectivity index is 2.77. The van der Waals surface area contributed by atoms with Gasteiger partial charge in [0.1, 0.15) is 5.82 Å². The maximum atomic E-state index is 13.0. The first-order valence-corrected chi connectivity index (χ1v) is 5.22. The van der Waals surface area contributed by atoms with Crippen molar-refractivity contribution in [1.29, 1.82) is 0 Å². The van der Waals surface area contributed by atoms with Gasteiger partial charge in [0, 0.05) is 6.54 Å². The number of likely N-dealkylation sites (N-methyl/N-ethyl adjacent to an activating group) is 1. The number of hydrogen-bond acceptors (Lipinski definition) is 2. The van der Waals surface area contributed by atoms with Crippen molar-refractivity contribution in [3.63, 3.8) is 0 Å². The summed E-state index contributed by atoms with van der Waals surface area (Å²) in [5.74, 6) is -1.15. The van der Waals surface area contributed by atoms with Crippen LogP contribution >= 0.6 is 0 Å². The van der Waals surface area contributed by atoms with Crippen molar-refractivity contribution in [2.45, 2.75) is 20.4 Å². The van der Waals surface area contributed by atoms with Gasteiger partial charge in [0.25, 0.3) is 0 Å². The van der Waals surface area contributed by atoms with Crippen LogP contribution in [-0.2, 0) is 11.3 Å². The van der Waals surface area contributed by atoms with Gasteiger partial charge < -0.3 is 5.11 Å². The Labute approximate surface area is 94.5 Å². The summed E-state index contributed by atoms with van der Waals surface area (Å²) in [6.07, 6.45) is 0. The third kappa shape index (κ3) is 3.62. The van der Waals surface area contributed by atoms with Crippen LogP contribution in [0.4, 0.5) is 4.39 Å². The van der Waals surface area contributed by atoms with Gasteiger partial charge in [0.2, 0.25) is 0 Å². The Morgan fingerprint density at radius 3 is 2.75 bits per heavy atom. The van der Waals surface area contributed by atoms with Crippen LogP contribution in [0.3, 0.4) is 0 Å². The molecule has 4 heteroatoms. The van der Waals surface area contributed by atoms with E-state index < -0.39 is 5.97 Å². The fraction of sp³-hybridized carbons (Fsp3) is 0.417. The molecule has 3 nitrogen and oxygen atoms in total. The fourth-order valence-electron chi connectivity index (χ4n) is 1.52. The smallest absolute Gasteiger partial charge is 0.317 e. The zero-order valence-corrected chi connectivity index (χ0v) is 9.53. The van der Waals surface area contributed by atoms with Crippen molar-refractivity contribution < 1.29 is 14.3 Å². The summed E-state index contributed by atoms with van der Waals surface area (Å²) in [6.45, 7) is 4.85. The van der Waals surface area contributed by atoms with Gasteiger partial charge in [0.15, 0.2) is 0 Å². The van der Waals surface area contributed by atoms with Gasteiger partial charge in [-0.2, -0.15) is 0 Å². The number of carboxylic acids is 1. The summed E-state index contributed by atoms with van der Waals surface area (Å²) < 4.78 is 13.0. The van der Waals surface area contributed by atoms with Crippen LogP contribution in [-0.4, -0.2) is 29.1 Å². The molecule has 0 aromatic heterocycles. The van der Waals surface area contributed by atoms with Crippen molar-refractivity contribution in [3.8, 4) is 0 Å². The fourth-order valence-corrected chi connectivity index (χ4v) is 1.52. The standard InChI is InChI=1S/C12H16FNO2/c1-3-14(8-12(15)16)7-10-6-11(13)5-4-9(10)2/h4-6H,3,7-8H2,1-2H3,(H,15,16). The molecule has 0 fully saturated rings. The number of hydrogen-bond donors (Lipinski definition) is 1. The molecule has 16 heavy (non-hydrogen) atoms. The van der Waals surface area contributed by atoms with Crippen LogP contribution in [0.25, 0.3) is 0 Å². The van der Waals surface area contributed by atoms with Crippen molar-refractivity contribution in [2.75, 3.05) is 13.1 Å². The number of aryl methyl sites for hydroxylation is 1. The summed E-state index contributed by atoms with van der Waals surface area (Å²) >= 11 is 0. The van der Waals surface area contributed by atoms with Crippen LogP contribution in [0.15, 0.2) is 18.2 Å². The van der Waals surface area contributed by atoms with Crippen LogP contribution < -0.4 is 0 Å². The number of rotatable bonds is 5. The first-order valence-electron chi connectivity index (χ1n) is 5.22. The summed E-state index contributed by atoms with van der Waals surface area (Å²) in [5.41, 5.74) is 1.81. The van der Waals surface area contributed by atoms with Gasteiger partial charge in [-0.05, 0) is 36.7 Å². The molecule has 1 aromatic rings. The molecule has 0 heterocycles. The number of nitrogens with zero attached hydrogens (tertiary/aromatic N) is 1. The monoisotopic (exact) mass is 225 g/mol. The highest BCUT2D eigenvalue weighted by atomic mass is 19.1. The molecule has 88 valence electrons. The number of benzene rings is 1. The van der Waals surface area contributed by atoms with Gasteiger partial charge in [-0.1, -0.05) is 13.0 Å². The Morgan fingerprint density at radius 2 is 2.19 bits per heavy atom. The molecule has 0 unspecified atom stereocenters. The normalized spacial score (nSPS) is 10.8. The third-order valence-electron chi connectivity index (χ3n) is 2.51. The largest absolute Gasteiger partial charge is 0.480 e. The lowest BCUT2D eigenvalue weighted by Crippen LogP contribution is -2.29. The van der Waals surface area contributed by atoms with Gasteiger partial charge in [-0.25, -0.2) is 4.39 Å². The van der Waals surface area contributed by atoms with E-state index in [2.05, 4.69) is 0 Å². The Hall–Kier alpha value is -1.42. The summed E-state index contributed by atoms with van der Waals surface area (Å²) in [4.78, 5) is 12.3. The molecule has 0 atom stereocenters. The minimum atomic E-state index is -0.865. The molecule has 0 amide bonds. The second-order valence-corrected chi connectivity index (χ2v) is 3.77. The van der Waals surface area contributed by atoms with Gasteiger partial charge in [-0.3, -0.25) is 9.69 Å². The second kappa shape index (κ2) is 5.61. The highest BCUT2D eigenvalue weighted by Gasteiger charge is 2.10. The summed E-state index contributed by atoms with van der Waals surface area (Å²) in [6, 6.07) is 4.57. The molecule has 0 saturated heterocycles. The minimum Gasteiger partial charge on any atom is -0.480 e. The quantitative estimate of drug-likeness (QED) is 0.833. The van der Waals surface area contributed by atoms with Crippen LogP contribution in [0.5, 0.6) is 0 Å². The Morgan fingerprint density at radius 1 is 1.50 bits per heavy atom. The van der Waals surface area contributed by atoms with E-state index in [0.29, 0.717) is 13.1 Å². The van der Waals surface area contributed by atoms with E-state index in [4.69, 9.17) is 5.11 Å². The van der Waals surface area contributed by atoms with Crippen molar-refractivity contribution in [2.24, 2.45) is 0 Å². The Bertz CT molecular complexity index is 379. The van der Waals surface area contributed by atoms with E-state index >= 15 is 0 Å². The van der Waals surface area contributed by atoms with E-state index in [1.165, 1.54) is 12.1 Å². The molecule has 0 aliphatic carbocycles. The lowest BCUT2D eigenvalue weighted by molar-refractivity contribution is -0.138. The molecular weight excluding hydrogens is 209 g/mol. The molecule has 0 aliphatic rings. The maximum absolute atomic E-state index is 13.0. The van der Waals surface area contributed by atoms with E-state index in [1.54, 1.807) is 11.0 Å². The minimum absolute atomic E-state index is 0.0214.